The number of nitrogen functional groups attached to an aromatic ring is 1. The Labute approximate surface area is 123 Å². The third-order valence-corrected chi connectivity index (χ3v) is 4.57. The van der Waals surface area contributed by atoms with Crippen molar-refractivity contribution in [2.75, 3.05) is 24.7 Å². The fourth-order valence-electron chi connectivity index (χ4n) is 1.90. The lowest BCUT2D eigenvalue weighted by molar-refractivity contribution is 0.588. The van der Waals surface area contributed by atoms with Gasteiger partial charge in [-0.15, -0.1) is 0 Å². The van der Waals surface area contributed by atoms with E-state index >= 15 is 0 Å². The molecule has 0 saturated carbocycles. The Morgan fingerprint density at radius 1 is 1.14 bits per heavy atom. The zero-order valence-corrected chi connectivity index (χ0v) is 12.5. The maximum atomic E-state index is 13.0. The second-order valence-corrected chi connectivity index (χ2v) is 6.35. The summed E-state index contributed by atoms with van der Waals surface area (Å²) in [5.74, 6) is -0.341. The van der Waals surface area contributed by atoms with Gasteiger partial charge in [0.05, 0.1) is 16.3 Å². The zero-order valence-electron chi connectivity index (χ0n) is 11.7. The fourth-order valence-corrected chi connectivity index (χ4v) is 2.65. The van der Waals surface area contributed by atoms with Gasteiger partial charge in [0.15, 0.2) is 0 Å². The van der Waals surface area contributed by atoms with Crippen molar-refractivity contribution in [1.29, 1.82) is 0 Å². The van der Waals surface area contributed by atoms with Gasteiger partial charge in [-0.2, -0.15) is 0 Å². The van der Waals surface area contributed by atoms with Crippen molar-refractivity contribution in [2.45, 2.75) is 4.90 Å². The third-order valence-electron chi connectivity index (χ3n) is 3.16. The number of hydrogen-bond donors (Lipinski definition) is 2. The summed E-state index contributed by atoms with van der Waals surface area (Å²) in [6.07, 6.45) is 0. The number of rotatable bonds is 4. The van der Waals surface area contributed by atoms with Gasteiger partial charge in [-0.3, -0.25) is 0 Å². The molecular weight excluding hydrogens is 293 g/mol. The number of halogens is 1. The average Bonchev–Trinajstić information content (AvgIpc) is 2.47. The molecule has 112 valence electrons. The summed E-state index contributed by atoms with van der Waals surface area (Å²) in [5, 5.41) is 0. The molecule has 0 bridgehead atoms. The van der Waals surface area contributed by atoms with E-state index in [1.165, 1.54) is 37.4 Å². The molecule has 0 unspecified atom stereocenters. The van der Waals surface area contributed by atoms with Crippen molar-refractivity contribution in [3.8, 4) is 0 Å². The van der Waals surface area contributed by atoms with Crippen molar-refractivity contribution >= 4 is 27.1 Å². The lowest BCUT2D eigenvalue weighted by Crippen LogP contribution is -2.19. The highest BCUT2D eigenvalue weighted by Gasteiger charge is 2.15. The molecule has 0 aliphatic carbocycles. The number of nitrogens with two attached hydrogens (primary N) is 1. The van der Waals surface area contributed by atoms with Gasteiger partial charge >= 0.3 is 0 Å². The van der Waals surface area contributed by atoms with E-state index in [0.29, 0.717) is 17.1 Å². The Kier molecular flexibility index (Phi) is 4.15. The van der Waals surface area contributed by atoms with Crippen LogP contribution in [0.25, 0.3) is 0 Å². The summed E-state index contributed by atoms with van der Waals surface area (Å²) in [7, 11) is -0.479. The largest absolute Gasteiger partial charge is 0.397 e. The van der Waals surface area contributed by atoms with Crippen molar-refractivity contribution in [1.82, 2.24) is 4.72 Å². The van der Waals surface area contributed by atoms with E-state index in [1.54, 1.807) is 24.1 Å². The maximum Gasteiger partial charge on any atom is 0.240 e. The van der Waals surface area contributed by atoms with Crippen LogP contribution in [0.2, 0.25) is 0 Å². The molecule has 3 N–H and O–H groups in total. The molecule has 21 heavy (non-hydrogen) atoms. The van der Waals surface area contributed by atoms with E-state index in [2.05, 4.69) is 4.72 Å². The van der Waals surface area contributed by atoms with Gasteiger partial charge < -0.3 is 10.6 Å². The first-order valence-corrected chi connectivity index (χ1v) is 7.66. The first kappa shape index (κ1) is 15.3. The molecule has 0 amide bonds. The molecule has 0 heterocycles. The number of hydrogen-bond acceptors (Lipinski definition) is 4. The van der Waals surface area contributed by atoms with Gasteiger partial charge in [0, 0.05) is 12.7 Å². The molecule has 2 aromatic carbocycles. The number of nitrogens with one attached hydrogen (secondary N) is 1. The molecule has 0 spiro atoms. The van der Waals surface area contributed by atoms with Crippen LogP contribution in [0.4, 0.5) is 21.5 Å². The zero-order chi connectivity index (χ0) is 15.6. The Bertz CT molecular complexity index is 745. The van der Waals surface area contributed by atoms with E-state index in [0.717, 1.165) is 0 Å². The first-order chi connectivity index (χ1) is 9.85. The highest BCUT2D eigenvalue weighted by atomic mass is 32.2. The highest BCUT2D eigenvalue weighted by Crippen LogP contribution is 2.31. The molecule has 5 nitrogen and oxygen atoms in total. The Hall–Kier alpha value is -2.12. The van der Waals surface area contributed by atoms with E-state index in [9.17, 15) is 12.8 Å². The Morgan fingerprint density at radius 3 is 2.33 bits per heavy atom. The summed E-state index contributed by atoms with van der Waals surface area (Å²) in [4.78, 5) is 1.81. The molecule has 7 heteroatoms. The van der Waals surface area contributed by atoms with Crippen LogP contribution in [0.15, 0.2) is 47.4 Å². The van der Waals surface area contributed by atoms with Crippen molar-refractivity contribution < 1.29 is 12.8 Å². The van der Waals surface area contributed by atoms with Gasteiger partial charge in [-0.25, -0.2) is 17.5 Å². The molecular formula is C14H16FN3O2S. The lowest BCUT2D eigenvalue weighted by atomic mass is 10.2. The normalized spacial score (nSPS) is 11.4. The van der Waals surface area contributed by atoms with Gasteiger partial charge in [0.2, 0.25) is 10.0 Å². The highest BCUT2D eigenvalue weighted by molar-refractivity contribution is 7.89. The number of benzene rings is 2. The van der Waals surface area contributed by atoms with Crippen LogP contribution in [0, 0.1) is 5.82 Å². The van der Waals surface area contributed by atoms with E-state index < -0.39 is 10.0 Å². The fraction of sp³-hybridized carbons (Fsp3) is 0.143. The predicted octanol–water partition coefficient (Wildman–Crippen LogP) is 2.08. The minimum absolute atomic E-state index is 0.114. The Balaban J connectivity index is 2.48. The van der Waals surface area contributed by atoms with Crippen LogP contribution in [0.3, 0.4) is 0 Å². The van der Waals surface area contributed by atoms with E-state index in [1.807, 2.05) is 0 Å². The quantitative estimate of drug-likeness (QED) is 0.848. The number of nitrogens with zero attached hydrogens (tertiary/aromatic N) is 1. The van der Waals surface area contributed by atoms with E-state index in [-0.39, 0.29) is 10.7 Å². The lowest BCUT2D eigenvalue weighted by Gasteiger charge is -2.22. The SMILES string of the molecule is CNS(=O)(=O)c1ccc(N)c(N(C)c2ccc(F)cc2)c1. The van der Waals surface area contributed by atoms with Gasteiger partial charge in [0.25, 0.3) is 0 Å². The molecule has 0 fully saturated rings. The molecule has 0 atom stereocenters. The molecule has 0 radical (unpaired) electrons. The second kappa shape index (κ2) is 5.71. The molecule has 0 aliphatic heterocycles. The summed E-state index contributed by atoms with van der Waals surface area (Å²) in [6.45, 7) is 0. The average molecular weight is 309 g/mol. The summed E-state index contributed by atoms with van der Waals surface area (Å²) in [6, 6.07) is 10.3. The Morgan fingerprint density at radius 2 is 1.76 bits per heavy atom. The topological polar surface area (TPSA) is 75.4 Å². The minimum atomic E-state index is -3.55. The molecule has 2 aromatic rings. The molecule has 2 rings (SSSR count). The summed E-state index contributed by atoms with van der Waals surface area (Å²) >= 11 is 0. The van der Waals surface area contributed by atoms with Gasteiger partial charge in [-0.1, -0.05) is 0 Å². The van der Waals surface area contributed by atoms with E-state index in [4.69, 9.17) is 5.73 Å². The molecule has 0 saturated heterocycles. The smallest absolute Gasteiger partial charge is 0.240 e. The summed E-state index contributed by atoms with van der Waals surface area (Å²) in [5.41, 5.74) is 7.56. The van der Waals surface area contributed by atoms with Gasteiger partial charge in [-0.05, 0) is 49.5 Å². The standard InChI is InChI=1S/C14H16FN3O2S/c1-17-21(19,20)12-7-8-13(16)14(9-12)18(2)11-5-3-10(15)4-6-11/h3-9,17H,16H2,1-2H3. The molecule has 0 aromatic heterocycles. The minimum Gasteiger partial charge on any atom is -0.397 e. The van der Waals surface area contributed by atoms with Crippen molar-refractivity contribution in [3.63, 3.8) is 0 Å². The van der Waals surface area contributed by atoms with Crippen molar-refractivity contribution in [3.05, 3.63) is 48.3 Å². The molecule has 0 aliphatic rings. The number of anilines is 3. The van der Waals surface area contributed by atoms with Crippen LogP contribution in [0.1, 0.15) is 0 Å². The third kappa shape index (κ3) is 3.14. The monoisotopic (exact) mass is 309 g/mol. The summed E-state index contributed by atoms with van der Waals surface area (Å²) < 4.78 is 38.9. The van der Waals surface area contributed by atoms with Crippen LogP contribution in [-0.2, 0) is 10.0 Å². The van der Waals surface area contributed by atoms with Crippen LogP contribution >= 0.6 is 0 Å². The predicted molar refractivity (Wildman–Crippen MR) is 81.6 cm³/mol. The maximum absolute atomic E-state index is 13.0. The first-order valence-electron chi connectivity index (χ1n) is 6.17. The van der Waals surface area contributed by atoms with Crippen LogP contribution in [0.5, 0.6) is 0 Å². The van der Waals surface area contributed by atoms with Crippen LogP contribution in [-0.4, -0.2) is 22.5 Å². The second-order valence-electron chi connectivity index (χ2n) is 4.46. The van der Waals surface area contributed by atoms with Gasteiger partial charge in [0.1, 0.15) is 5.82 Å². The van der Waals surface area contributed by atoms with Crippen molar-refractivity contribution in [2.24, 2.45) is 0 Å². The van der Waals surface area contributed by atoms with Crippen LogP contribution < -0.4 is 15.4 Å². The number of sulfonamides is 1.